The van der Waals surface area contributed by atoms with Crippen LogP contribution in [0.25, 0.3) is 5.57 Å². The minimum Gasteiger partial charge on any atom is -0.542 e. The number of carbonyl (C=O) groups is 2. The highest BCUT2D eigenvalue weighted by molar-refractivity contribution is 6.85. The first-order valence-electron chi connectivity index (χ1n) is 9.18. The highest BCUT2D eigenvalue weighted by Crippen LogP contribution is 2.48. The van der Waals surface area contributed by atoms with Gasteiger partial charge in [-0.2, -0.15) is 0 Å². The summed E-state index contributed by atoms with van der Waals surface area (Å²) in [4.78, 5) is 26.5. The summed E-state index contributed by atoms with van der Waals surface area (Å²) in [5.41, 5.74) is 3.24. The predicted octanol–water partition coefficient (Wildman–Crippen LogP) is 3.95. The molecule has 0 bridgehead atoms. The number of ketones is 2. The van der Waals surface area contributed by atoms with Crippen molar-refractivity contribution in [3.05, 3.63) is 71.0 Å². The van der Waals surface area contributed by atoms with E-state index in [1.807, 2.05) is 24.3 Å². The Hall–Kier alpha value is -2.46. The molecule has 2 aromatic carbocycles. The average molecular weight is 360 g/mol. The van der Waals surface area contributed by atoms with Crippen molar-refractivity contribution in [2.75, 3.05) is 0 Å². The van der Waals surface area contributed by atoms with Crippen LogP contribution in [0.1, 0.15) is 39.1 Å². The summed E-state index contributed by atoms with van der Waals surface area (Å²) in [5.74, 6) is 0.443. The van der Waals surface area contributed by atoms with Gasteiger partial charge in [0.2, 0.25) is 0 Å². The molecule has 1 aliphatic heterocycles. The summed E-state index contributed by atoms with van der Waals surface area (Å²) < 4.78 is 6.48. The van der Waals surface area contributed by atoms with Crippen molar-refractivity contribution in [2.24, 2.45) is 11.8 Å². The molecule has 0 aromatic heterocycles. The summed E-state index contributed by atoms with van der Waals surface area (Å²) in [5, 5.41) is 1.22. The Balaban J connectivity index is 1.74. The van der Waals surface area contributed by atoms with Gasteiger partial charge in [-0.25, -0.2) is 0 Å². The molecule has 2 unspecified atom stereocenters. The van der Waals surface area contributed by atoms with E-state index >= 15 is 0 Å². The number of rotatable bonds is 0. The minimum atomic E-state index is -2.04. The van der Waals surface area contributed by atoms with Crippen LogP contribution in [-0.4, -0.2) is 19.9 Å². The van der Waals surface area contributed by atoms with Crippen molar-refractivity contribution >= 4 is 30.6 Å². The normalized spacial score (nSPS) is 25.6. The van der Waals surface area contributed by atoms with Gasteiger partial charge in [-0.1, -0.05) is 48.5 Å². The highest BCUT2D eigenvalue weighted by atomic mass is 28.4. The zero-order valence-corrected chi connectivity index (χ0v) is 15.9. The second-order valence-electron chi connectivity index (χ2n) is 7.89. The van der Waals surface area contributed by atoms with E-state index in [1.54, 1.807) is 12.1 Å². The second-order valence-corrected chi connectivity index (χ2v) is 11.7. The Kier molecular flexibility index (Phi) is 3.20. The zero-order chi connectivity index (χ0) is 18.1. The third kappa shape index (κ3) is 1.99. The van der Waals surface area contributed by atoms with Crippen LogP contribution < -0.4 is 5.19 Å². The minimum absolute atomic E-state index is 0.0668. The molecule has 26 heavy (non-hydrogen) atoms. The molecular weight excluding hydrogens is 340 g/mol. The van der Waals surface area contributed by atoms with E-state index in [0.717, 1.165) is 23.3 Å². The van der Waals surface area contributed by atoms with Crippen LogP contribution in [0.15, 0.2) is 54.3 Å². The number of Topliss-reactive ketones (excluding diaryl/α,β-unsaturated/α-hetero) is 2. The number of hydrogen-bond donors (Lipinski definition) is 0. The lowest BCUT2D eigenvalue weighted by atomic mass is 9.65. The molecule has 2 atom stereocenters. The molecule has 0 N–H and O–H groups in total. The highest BCUT2D eigenvalue weighted by Gasteiger charge is 2.50. The van der Waals surface area contributed by atoms with Crippen molar-refractivity contribution < 1.29 is 14.0 Å². The number of hydrogen-bond acceptors (Lipinski definition) is 3. The van der Waals surface area contributed by atoms with E-state index in [-0.39, 0.29) is 17.5 Å². The third-order valence-corrected chi connectivity index (χ3v) is 8.51. The molecule has 0 saturated heterocycles. The van der Waals surface area contributed by atoms with Gasteiger partial charge in [0.25, 0.3) is 8.32 Å². The summed E-state index contributed by atoms with van der Waals surface area (Å²) >= 11 is 0. The molecule has 4 heteroatoms. The molecule has 1 heterocycles. The van der Waals surface area contributed by atoms with Gasteiger partial charge < -0.3 is 4.43 Å². The van der Waals surface area contributed by atoms with Crippen LogP contribution in [0.5, 0.6) is 0 Å². The van der Waals surface area contributed by atoms with Gasteiger partial charge in [0, 0.05) is 29.0 Å². The summed E-state index contributed by atoms with van der Waals surface area (Å²) in [6, 6.07) is 15.5. The van der Waals surface area contributed by atoms with E-state index in [4.69, 9.17) is 4.43 Å². The van der Waals surface area contributed by atoms with Crippen molar-refractivity contribution in [2.45, 2.75) is 25.9 Å². The molecule has 3 aliphatic rings. The van der Waals surface area contributed by atoms with E-state index in [0.29, 0.717) is 17.5 Å². The fraction of sp³-hybridized carbons (Fsp3) is 0.273. The molecule has 3 nitrogen and oxygen atoms in total. The fourth-order valence-electron chi connectivity index (χ4n) is 4.87. The van der Waals surface area contributed by atoms with Crippen LogP contribution in [0, 0.1) is 11.8 Å². The predicted molar refractivity (Wildman–Crippen MR) is 103 cm³/mol. The van der Waals surface area contributed by atoms with Crippen LogP contribution in [0.2, 0.25) is 13.1 Å². The molecule has 0 radical (unpaired) electrons. The van der Waals surface area contributed by atoms with E-state index in [2.05, 4.69) is 25.2 Å². The van der Waals surface area contributed by atoms with E-state index < -0.39 is 14.2 Å². The Morgan fingerprint density at radius 2 is 1.50 bits per heavy atom. The van der Waals surface area contributed by atoms with Gasteiger partial charge >= 0.3 is 0 Å². The summed E-state index contributed by atoms with van der Waals surface area (Å²) in [6.07, 6.45) is 1.43. The second kappa shape index (κ2) is 5.27. The Morgan fingerprint density at radius 3 is 2.23 bits per heavy atom. The van der Waals surface area contributed by atoms with Gasteiger partial charge in [-0.05, 0) is 30.3 Å². The fourth-order valence-corrected chi connectivity index (χ4v) is 7.17. The van der Waals surface area contributed by atoms with Crippen LogP contribution in [0.4, 0.5) is 0 Å². The lowest BCUT2D eigenvalue weighted by Crippen LogP contribution is -2.52. The first kappa shape index (κ1) is 15.8. The lowest BCUT2D eigenvalue weighted by molar-refractivity contribution is 0.0754. The maximum Gasteiger partial charge on any atom is 0.277 e. The molecular formula is C22H20O3Si. The molecule has 130 valence electrons. The summed E-state index contributed by atoms with van der Waals surface area (Å²) in [6.45, 7) is 4.40. The average Bonchev–Trinajstić information content (AvgIpc) is 2.65. The van der Waals surface area contributed by atoms with Gasteiger partial charge in [-0.15, -0.1) is 0 Å². The van der Waals surface area contributed by atoms with Gasteiger partial charge in [-0.3, -0.25) is 9.59 Å². The van der Waals surface area contributed by atoms with Crippen molar-refractivity contribution in [3.8, 4) is 0 Å². The number of allylic oxidation sites excluding steroid dienone is 2. The molecule has 0 saturated carbocycles. The number of fused-ring (bicyclic) bond motifs is 5. The Morgan fingerprint density at radius 1 is 0.885 bits per heavy atom. The monoisotopic (exact) mass is 360 g/mol. The quantitative estimate of drug-likeness (QED) is 0.668. The van der Waals surface area contributed by atoms with E-state index in [1.165, 1.54) is 5.19 Å². The standard InChI is InChI=1S/C22H20O3Si/c1-26(2)18-10-6-5-9-15(18)19-17(25-26)12-11-16-20(19)22(24)14-8-4-3-7-13(14)21(16)23/h3-10,16,20H,11-12H2,1-2H3. The van der Waals surface area contributed by atoms with E-state index in [9.17, 15) is 9.59 Å². The van der Waals surface area contributed by atoms with Gasteiger partial charge in [0.1, 0.15) is 0 Å². The maximum atomic E-state index is 13.4. The van der Waals surface area contributed by atoms with Gasteiger partial charge in [0.05, 0.1) is 11.7 Å². The Labute approximate surface area is 153 Å². The summed E-state index contributed by atoms with van der Waals surface area (Å²) in [7, 11) is -2.04. The maximum absolute atomic E-state index is 13.4. The molecule has 0 fully saturated rings. The number of benzene rings is 2. The van der Waals surface area contributed by atoms with Crippen molar-refractivity contribution in [1.82, 2.24) is 0 Å². The SMILES string of the molecule is C[Si]1(C)OC2=C(c3ccccc31)C1C(=O)c3ccccc3C(=O)C1CC2. The smallest absolute Gasteiger partial charge is 0.277 e. The van der Waals surface area contributed by atoms with Crippen molar-refractivity contribution in [1.29, 1.82) is 0 Å². The number of carbonyl (C=O) groups excluding carboxylic acids is 2. The van der Waals surface area contributed by atoms with Crippen molar-refractivity contribution in [3.63, 3.8) is 0 Å². The third-order valence-electron chi connectivity index (χ3n) is 6.02. The molecule has 0 amide bonds. The first-order valence-corrected chi connectivity index (χ1v) is 12.1. The largest absolute Gasteiger partial charge is 0.542 e. The topological polar surface area (TPSA) is 43.4 Å². The lowest BCUT2D eigenvalue weighted by Gasteiger charge is -2.43. The molecule has 0 spiro atoms. The van der Waals surface area contributed by atoms with Crippen LogP contribution in [0.3, 0.4) is 0 Å². The zero-order valence-electron chi connectivity index (χ0n) is 14.9. The van der Waals surface area contributed by atoms with Crippen LogP contribution in [-0.2, 0) is 4.43 Å². The van der Waals surface area contributed by atoms with Gasteiger partial charge in [0.15, 0.2) is 11.6 Å². The molecule has 5 rings (SSSR count). The molecule has 2 aromatic rings. The first-order chi connectivity index (χ1) is 12.5. The Bertz CT molecular complexity index is 1000. The molecule has 2 aliphatic carbocycles. The van der Waals surface area contributed by atoms with Crippen LogP contribution >= 0.6 is 0 Å².